The fourth-order valence-corrected chi connectivity index (χ4v) is 1.14. The highest BCUT2D eigenvalue weighted by Crippen LogP contribution is 2.02. The van der Waals surface area contributed by atoms with Crippen molar-refractivity contribution in [2.75, 3.05) is 18.4 Å². The maximum Gasteiger partial charge on any atom is 0.323 e. The molecule has 0 bridgehead atoms. The van der Waals surface area contributed by atoms with Crippen LogP contribution in [0.1, 0.15) is 6.92 Å². The zero-order valence-corrected chi connectivity index (χ0v) is 8.81. The Hall–Kier alpha value is -1.84. The molecule has 4 nitrogen and oxygen atoms in total. The van der Waals surface area contributed by atoms with Gasteiger partial charge in [0.05, 0.1) is 0 Å². The van der Waals surface area contributed by atoms with Crippen LogP contribution in [0.4, 0.5) is 10.6 Å². The number of nitrogens with one attached hydrogen (secondary N) is 1. The molecule has 0 aliphatic heterocycles. The maximum atomic E-state index is 11.7. The van der Waals surface area contributed by atoms with E-state index in [1.54, 1.807) is 29.3 Å². The van der Waals surface area contributed by atoms with Gasteiger partial charge in [0, 0.05) is 19.3 Å². The highest BCUT2D eigenvalue weighted by Gasteiger charge is 2.09. The number of rotatable bonds is 4. The van der Waals surface area contributed by atoms with Gasteiger partial charge in [-0.3, -0.25) is 5.32 Å². The minimum absolute atomic E-state index is 0.156. The molecule has 0 saturated carbocycles. The Morgan fingerprint density at radius 3 is 3.00 bits per heavy atom. The number of anilines is 1. The Kier molecular flexibility index (Phi) is 4.34. The van der Waals surface area contributed by atoms with Crippen LogP contribution in [0.5, 0.6) is 0 Å². The molecule has 0 fully saturated rings. The molecule has 0 aliphatic rings. The number of hydrogen-bond acceptors (Lipinski definition) is 2. The summed E-state index contributed by atoms with van der Waals surface area (Å²) in [4.78, 5) is 17.3. The fourth-order valence-electron chi connectivity index (χ4n) is 1.14. The largest absolute Gasteiger partial charge is 0.323 e. The molecule has 80 valence electrons. The van der Waals surface area contributed by atoms with Gasteiger partial charge in [0.15, 0.2) is 0 Å². The average Bonchev–Trinajstić information content (AvgIpc) is 2.27. The molecule has 4 heteroatoms. The third kappa shape index (κ3) is 3.42. The molecule has 0 atom stereocenters. The van der Waals surface area contributed by atoms with Crippen molar-refractivity contribution in [3.05, 3.63) is 37.1 Å². The summed E-state index contributed by atoms with van der Waals surface area (Å²) in [5, 5.41) is 2.71. The molecule has 1 N–H and O–H groups in total. The van der Waals surface area contributed by atoms with Crippen molar-refractivity contribution in [2.45, 2.75) is 6.92 Å². The number of carbonyl (C=O) groups is 1. The smallest absolute Gasteiger partial charge is 0.321 e. The third-order valence-electron chi connectivity index (χ3n) is 1.92. The number of likely N-dealkylation sites (N-methyl/N-ethyl adjacent to an activating group) is 1. The van der Waals surface area contributed by atoms with E-state index in [2.05, 4.69) is 16.9 Å². The van der Waals surface area contributed by atoms with Crippen LogP contribution in [-0.4, -0.2) is 29.0 Å². The van der Waals surface area contributed by atoms with Crippen molar-refractivity contribution >= 4 is 11.8 Å². The van der Waals surface area contributed by atoms with Gasteiger partial charge in [0.1, 0.15) is 5.82 Å². The van der Waals surface area contributed by atoms with Crippen molar-refractivity contribution in [2.24, 2.45) is 0 Å². The van der Waals surface area contributed by atoms with E-state index in [4.69, 9.17) is 0 Å². The van der Waals surface area contributed by atoms with Gasteiger partial charge >= 0.3 is 6.03 Å². The highest BCUT2D eigenvalue weighted by molar-refractivity contribution is 5.88. The van der Waals surface area contributed by atoms with Crippen LogP contribution in [0, 0.1) is 0 Å². The lowest BCUT2D eigenvalue weighted by Gasteiger charge is -2.18. The van der Waals surface area contributed by atoms with Crippen molar-refractivity contribution in [3.8, 4) is 0 Å². The van der Waals surface area contributed by atoms with Crippen LogP contribution in [-0.2, 0) is 0 Å². The molecule has 15 heavy (non-hydrogen) atoms. The van der Waals surface area contributed by atoms with E-state index in [9.17, 15) is 4.79 Å². The monoisotopic (exact) mass is 205 g/mol. The zero-order chi connectivity index (χ0) is 11.1. The lowest BCUT2D eigenvalue weighted by Crippen LogP contribution is -2.35. The summed E-state index contributed by atoms with van der Waals surface area (Å²) < 4.78 is 0. The molecule has 1 rings (SSSR count). The Morgan fingerprint density at radius 1 is 1.67 bits per heavy atom. The van der Waals surface area contributed by atoms with E-state index in [-0.39, 0.29) is 6.03 Å². The number of nitrogens with zero attached hydrogens (tertiary/aromatic N) is 2. The molecule has 0 unspecified atom stereocenters. The van der Waals surface area contributed by atoms with E-state index in [0.29, 0.717) is 18.9 Å². The summed E-state index contributed by atoms with van der Waals surface area (Å²) in [6.07, 6.45) is 3.33. The lowest BCUT2D eigenvalue weighted by atomic mass is 10.4. The van der Waals surface area contributed by atoms with Crippen LogP contribution >= 0.6 is 0 Å². The van der Waals surface area contributed by atoms with E-state index < -0.39 is 0 Å². The van der Waals surface area contributed by atoms with Gasteiger partial charge in [-0.05, 0) is 19.1 Å². The first-order chi connectivity index (χ1) is 7.27. The summed E-state index contributed by atoms with van der Waals surface area (Å²) in [6, 6.07) is 5.22. The third-order valence-corrected chi connectivity index (χ3v) is 1.92. The molecular weight excluding hydrogens is 190 g/mol. The van der Waals surface area contributed by atoms with Crippen molar-refractivity contribution in [3.63, 3.8) is 0 Å². The van der Waals surface area contributed by atoms with Crippen LogP contribution in [0.25, 0.3) is 0 Å². The van der Waals surface area contributed by atoms with E-state index in [1.165, 1.54) is 0 Å². The second-order valence-electron chi connectivity index (χ2n) is 2.97. The van der Waals surface area contributed by atoms with Crippen molar-refractivity contribution in [1.29, 1.82) is 0 Å². The number of carbonyl (C=O) groups excluding carboxylic acids is 1. The van der Waals surface area contributed by atoms with Gasteiger partial charge in [-0.25, -0.2) is 9.78 Å². The molecule has 0 aliphatic carbocycles. The summed E-state index contributed by atoms with van der Waals surface area (Å²) in [7, 11) is 0. The molecule has 1 aromatic heterocycles. The topological polar surface area (TPSA) is 45.2 Å². The fraction of sp³-hybridized carbons (Fsp3) is 0.273. The molecule has 1 aromatic rings. The standard InChI is InChI=1S/C11H15N3O/c1-3-9-14(4-2)11(15)13-10-7-5-6-8-12-10/h3,5-8H,1,4,9H2,2H3,(H,12,13,15). The molecule has 0 saturated heterocycles. The summed E-state index contributed by atoms with van der Waals surface area (Å²) >= 11 is 0. The molecule has 0 aromatic carbocycles. The first-order valence-electron chi connectivity index (χ1n) is 4.85. The molecule has 0 radical (unpaired) electrons. The number of hydrogen-bond donors (Lipinski definition) is 1. The quantitative estimate of drug-likeness (QED) is 0.765. The van der Waals surface area contributed by atoms with Gasteiger partial charge < -0.3 is 4.90 Å². The van der Waals surface area contributed by atoms with E-state index in [0.717, 1.165) is 0 Å². The predicted molar refractivity (Wildman–Crippen MR) is 60.7 cm³/mol. The van der Waals surface area contributed by atoms with Gasteiger partial charge in [0.2, 0.25) is 0 Å². The van der Waals surface area contributed by atoms with E-state index >= 15 is 0 Å². The SMILES string of the molecule is C=CCN(CC)C(=O)Nc1ccccn1. The normalized spacial score (nSPS) is 9.40. The van der Waals surface area contributed by atoms with Crippen molar-refractivity contribution < 1.29 is 4.79 Å². The number of pyridine rings is 1. The zero-order valence-electron chi connectivity index (χ0n) is 8.81. The number of urea groups is 1. The Balaban J connectivity index is 2.58. The van der Waals surface area contributed by atoms with Gasteiger partial charge in [0.25, 0.3) is 0 Å². The van der Waals surface area contributed by atoms with Crippen LogP contribution in [0.15, 0.2) is 37.1 Å². The Labute approximate surface area is 89.6 Å². The molecule has 2 amide bonds. The number of amides is 2. The molecule has 0 spiro atoms. The Morgan fingerprint density at radius 2 is 2.47 bits per heavy atom. The summed E-state index contributed by atoms with van der Waals surface area (Å²) in [5.41, 5.74) is 0. The average molecular weight is 205 g/mol. The molecular formula is C11H15N3O. The number of aromatic nitrogens is 1. The van der Waals surface area contributed by atoms with E-state index in [1.807, 2.05) is 13.0 Å². The van der Waals surface area contributed by atoms with Crippen LogP contribution < -0.4 is 5.32 Å². The minimum atomic E-state index is -0.156. The Bertz CT molecular complexity index is 324. The first kappa shape index (κ1) is 11.2. The van der Waals surface area contributed by atoms with Gasteiger partial charge in [-0.15, -0.1) is 6.58 Å². The first-order valence-corrected chi connectivity index (χ1v) is 4.85. The van der Waals surface area contributed by atoms with Gasteiger partial charge in [-0.2, -0.15) is 0 Å². The van der Waals surface area contributed by atoms with Gasteiger partial charge in [-0.1, -0.05) is 12.1 Å². The maximum absolute atomic E-state index is 11.7. The minimum Gasteiger partial charge on any atom is -0.321 e. The van der Waals surface area contributed by atoms with Crippen LogP contribution in [0.2, 0.25) is 0 Å². The van der Waals surface area contributed by atoms with Crippen molar-refractivity contribution in [1.82, 2.24) is 9.88 Å². The predicted octanol–water partition coefficient (Wildman–Crippen LogP) is 2.12. The molecule has 1 heterocycles. The highest BCUT2D eigenvalue weighted by atomic mass is 16.2. The summed E-state index contributed by atoms with van der Waals surface area (Å²) in [5.74, 6) is 0.560. The summed E-state index contributed by atoms with van der Waals surface area (Å²) in [6.45, 7) is 6.70. The second-order valence-corrected chi connectivity index (χ2v) is 2.97. The lowest BCUT2D eigenvalue weighted by molar-refractivity contribution is 0.219. The second kappa shape index (κ2) is 5.80. The van der Waals surface area contributed by atoms with Crippen LogP contribution in [0.3, 0.4) is 0 Å².